The van der Waals surface area contributed by atoms with Crippen molar-refractivity contribution in [3.63, 3.8) is 0 Å². The Kier molecular flexibility index (Phi) is 7.15. The van der Waals surface area contributed by atoms with Crippen molar-refractivity contribution in [1.29, 1.82) is 0 Å². The fourth-order valence-corrected chi connectivity index (χ4v) is 3.10. The number of benzene rings is 3. The summed E-state index contributed by atoms with van der Waals surface area (Å²) in [4.78, 5) is 23.9. The van der Waals surface area contributed by atoms with Gasteiger partial charge in [0, 0.05) is 5.56 Å². The average molecular weight is 507 g/mol. The van der Waals surface area contributed by atoms with Crippen LogP contribution in [0.1, 0.15) is 15.9 Å². The van der Waals surface area contributed by atoms with E-state index in [0.29, 0.717) is 22.1 Å². The van der Waals surface area contributed by atoms with Crippen LogP contribution >= 0.6 is 39.1 Å². The molecule has 5 nitrogen and oxygen atoms in total. The molecule has 0 spiro atoms. The molecule has 1 amide bonds. The first-order valence-electron chi connectivity index (χ1n) is 8.57. The molecule has 0 saturated heterocycles. The van der Waals surface area contributed by atoms with Crippen molar-refractivity contribution in [2.75, 3.05) is 0 Å². The Bertz CT molecular complexity index is 1130. The molecule has 3 rings (SSSR count). The zero-order valence-electron chi connectivity index (χ0n) is 15.2. The molecule has 2 N–H and O–H groups in total. The van der Waals surface area contributed by atoms with E-state index in [4.69, 9.17) is 27.9 Å². The minimum Gasteiger partial charge on any atom is -0.477 e. The molecule has 30 heavy (non-hydrogen) atoms. The van der Waals surface area contributed by atoms with Gasteiger partial charge in [-0.25, -0.2) is 4.79 Å². The summed E-state index contributed by atoms with van der Waals surface area (Å²) in [6.07, 6.45) is 1.35. The van der Waals surface area contributed by atoms with Gasteiger partial charge in [0.1, 0.15) is 17.2 Å². The van der Waals surface area contributed by atoms with E-state index in [0.717, 1.165) is 4.47 Å². The second-order valence-corrected chi connectivity index (χ2v) is 7.72. The van der Waals surface area contributed by atoms with Crippen LogP contribution in [0.4, 0.5) is 0 Å². The first-order valence-corrected chi connectivity index (χ1v) is 10.1. The first-order chi connectivity index (χ1) is 14.3. The van der Waals surface area contributed by atoms with Crippen molar-refractivity contribution >= 4 is 57.1 Å². The van der Waals surface area contributed by atoms with Gasteiger partial charge in [0.25, 0.3) is 5.91 Å². The molecule has 152 valence electrons. The van der Waals surface area contributed by atoms with E-state index in [2.05, 4.69) is 21.2 Å². The predicted molar refractivity (Wildman–Crippen MR) is 120 cm³/mol. The van der Waals surface area contributed by atoms with Gasteiger partial charge in [-0.3, -0.25) is 4.79 Å². The number of carbonyl (C=O) groups excluding carboxylic acids is 1. The summed E-state index contributed by atoms with van der Waals surface area (Å²) in [5, 5.41) is 12.3. The molecule has 0 fully saturated rings. The minimum absolute atomic E-state index is 0.189. The van der Waals surface area contributed by atoms with Crippen LogP contribution in [0.2, 0.25) is 10.0 Å². The summed E-state index contributed by atoms with van der Waals surface area (Å²) in [6.45, 7) is 0. The second-order valence-electron chi connectivity index (χ2n) is 6.05. The van der Waals surface area contributed by atoms with Crippen LogP contribution < -0.4 is 10.1 Å². The van der Waals surface area contributed by atoms with E-state index >= 15 is 0 Å². The number of halogens is 3. The number of carboxylic acid groups (broad SMARTS) is 1. The summed E-state index contributed by atoms with van der Waals surface area (Å²) in [7, 11) is 0. The lowest BCUT2D eigenvalue weighted by atomic mass is 10.1. The predicted octanol–water partition coefficient (Wildman–Crippen LogP) is 6.40. The van der Waals surface area contributed by atoms with E-state index < -0.39 is 11.9 Å². The molecule has 0 radical (unpaired) electrons. The van der Waals surface area contributed by atoms with E-state index in [-0.39, 0.29) is 16.3 Å². The molecule has 0 aromatic heterocycles. The van der Waals surface area contributed by atoms with Crippen molar-refractivity contribution in [2.45, 2.75) is 0 Å². The summed E-state index contributed by atoms with van der Waals surface area (Å²) in [6, 6.07) is 18.5. The highest BCUT2D eigenvalue weighted by atomic mass is 79.9. The molecule has 0 aliphatic rings. The maximum absolute atomic E-state index is 12.4. The monoisotopic (exact) mass is 505 g/mol. The maximum atomic E-state index is 12.4. The molecule has 0 saturated carbocycles. The molecular weight excluding hydrogens is 493 g/mol. The van der Waals surface area contributed by atoms with Gasteiger partial charge in [-0.05, 0) is 70.0 Å². The van der Waals surface area contributed by atoms with Gasteiger partial charge < -0.3 is 15.2 Å². The minimum atomic E-state index is -1.28. The topological polar surface area (TPSA) is 75.6 Å². The molecule has 0 bridgehead atoms. The average Bonchev–Trinajstić information content (AvgIpc) is 2.72. The number of carboxylic acids is 1. The van der Waals surface area contributed by atoms with Crippen LogP contribution in [-0.4, -0.2) is 17.0 Å². The highest BCUT2D eigenvalue weighted by Crippen LogP contribution is 2.29. The van der Waals surface area contributed by atoms with Crippen LogP contribution in [0.3, 0.4) is 0 Å². The first kappa shape index (κ1) is 21.9. The highest BCUT2D eigenvalue weighted by Gasteiger charge is 2.14. The lowest BCUT2D eigenvalue weighted by Crippen LogP contribution is -2.27. The number of aliphatic carboxylic acids is 1. The highest BCUT2D eigenvalue weighted by molar-refractivity contribution is 9.10. The van der Waals surface area contributed by atoms with Crippen molar-refractivity contribution in [3.8, 4) is 11.5 Å². The zero-order chi connectivity index (χ0) is 21.7. The Balaban J connectivity index is 1.76. The van der Waals surface area contributed by atoms with Gasteiger partial charge in [0.2, 0.25) is 0 Å². The SMILES string of the molecule is O=C(O)/C(=C\c1ccc(Oc2ccccc2Br)cc1)NC(=O)c1ccc(Cl)c(Cl)c1. The molecule has 3 aromatic carbocycles. The number of amides is 1. The summed E-state index contributed by atoms with van der Waals surface area (Å²) < 4.78 is 6.60. The number of nitrogens with one attached hydrogen (secondary N) is 1. The number of ether oxygens (including phenoxy) is 1. The third kappa shape index (κ3) is 5.63. The fraction of sp³-hybridized carbons (Fsp3) is 0. The van der Waals surface area contributed by atoms with Gasteiger partial charge in [-0.15, -0.1) is 0 Å². The van der Waals surface area contributed by atoms with Gasteiger partial charge in [0.15, 0.2) is 0 Å². The zero-order valence-corrected chi connectivity index (χ0v) is 18.3. The Morgan fingerprint density at radius 1 is 0.967 bits per heavy atom. The molecule has 0 aliphatic carbocycles. The standard InChI is InChI=1S/C22H14BrCl2NO4/c23-16-3-1-2-4-20(16)30-15-8-5-13(6-9-15)11-19(22(28)29)26-21(27)14-7-10-17(24)18(25)12-14/h1-12H,(H,26,27)(H,28,29)/b19-11+. The van der Waals surface area contributed by atoms with E-state index in [1.165, 1.54) is 24.3 Å². The Morgan fingerprint density at radius 3 is 2.30 bits per heavy atom. The smallest absolute Gasteiger partial charge is 0.352 e. The largest absolute Gasteiger partial charge is 0.477 e. The quantitative estimate of drug-likeness (QED) is 0.379. The number of rotatable bonds is 6. The summed E-state index contributed by atoms with van der Waals surface area (Å²) in [5.74, 6) is -0.662. The third-order valence-corrected chi connectivity index (χ3v) is 5.31. The number of carbonyl (C=O) groups is 2. The molecular formula is C22H14BrCl2NO4. The summed E-state index contributed by atoms with van der Waals surface area (Å²) in [5.41, 5.74) is 0.473. The Labute approximate surface area is 191 Å². The Hall–Kier alpha value is -2.80. The number of para-hydroxylation sites is 1. The molecule has 0 heterocycles. The molecule has 3 aromatic rings. The van der Waals surface area contributed by atoms with E-state index in [9.17, 15) is 14.7 Å². The Morgan fingerprint density at radius 2 is 1.67 bits per heavy atom. The fourth-order valence-electron chi connectivity index (χ4n) is 2.44. The number of hydrogen-bond acceptors (Lipinski definition) is 3. The maximum Gasteiger partial charge on any atom is 0.352 e. The molecule has 0 unspecified atom stereocenters. The van der Waals surface area contributed by atoms with Crippen molar-refractivity contribution in [2.24, 2.45) is 0 Å². The molecule has 0 aliphatic heterocycles. The lowest BCUT2D eigenvalue weighted by molar-refractivity contribution is -0.132. The van der Waals surface area contributed by atoms with Gasteiger partial charge in [0.05, 0.1) is 14.5 Å². The van der Waals surface area contributed by atoms with Crippen LogP contribution in [-0.2, 0) is 4.79 Å². The van der Waals surface area contributed by atoms with Gasteiger partial charge in [-0.2, -0.15) is 0 Å². The van der Waals surface area contributed by atoms with E-state index in [1.807, 2.05) is 24.3 Å². The molecule has 0 atom stereocenters. The van der Waals surface area contributed by atoms with E-state index in [1.54, 1.807) is 24.3 Å². The van der Waals surface area contributed by atoms with Crippen LogP contribution in [0.15, 0.2) is 76.9 Å². The van der Waals surface area contributed by atoms with Crippen LogP contribution in [0, 0.1) is 0 Å². The molecule has 8 heteroatoms. The van der Waals surface area contributed by atoms with Gasteiger partial charge in [-0.1, -0.05) is 47.5 Å². The van der Waals surface area contributed by atoms with Gasteiger partial charge >= 0.3 is 5.97 Å². The lowest BCUT2D eigenvalue weighted by Gasteiger charge is -2.09. The van der Waals surface area contributed by atoms with Crippen LogP contribution in [0.25, 0.3) is 6.08 Å². The van der Waals surface area contributed by atoms with Crippen molar-refractivity contribution in [1.82, 2.24) is 5.32 Å². The van der Waals surface area contributed by atoms with Crippen LogP contribution in [0.5, 0.6) is 11.5 Å². The number of hydrogen-bond donors (Lipinski definition) is 2. The third-order valence-electron chi connectivity index (χ3n) is 3.92. The van der Waals surface area contributed by atoms with Crippen molar-refractivity contribution < 1.29 is 19.4 Å². The summed E-state index contributed by atoms with van der Waals surface area (Å²) >= 11 is 15.2. The second kappa shape index (κ2) is 9.80. The van der Waals surface area contributed by atoms with Crippen molar-refractivity contribution in [3.05, 3.63) is 98.1 Å². The normalized spacial score (nSPS) is 11.1.